The van der Waals surface area contributed by atoms with Crippen LogP contribution in [0, 0.1) is 0 Å². The largest absolute Gasteiger partial charge is 0.480 e. The first-order valence-electron chi connectivity index (χ1n) is 8.54. The van der Waals surface area contributed by atoms with Gasteiger partial charge >= 0.3 is 15.6 Å². The van der Waals surface area contributed by atoms with E-state index in [2.05, 4.69) is 24.2 Å². The Morgan fingerprint density at radius 3 is 2.65 bits per heavy atom. The quantitative estimate of drug-likeness (QED) is 0.257. The van der Waals surface area contributed by atoms with E-state index in [1.807, 2.05) is 0 Å². The molecule has 1 saturated heterocycles. The van der Waals surface area contributed by atoms with Crippen molar-refractivity contribution in [3.63, 3.8) is 0 Å². The van der Waals surface area contributed by atoms with Crippen molar-refractivity contribution in [2.75, 3.05) is 12.3 Å². The van der Waals surface area contributed by atoms with E-state index < -0.39 is 46.7 Å². The van der Waals surface area contributed by atoms with Crippen molar-refractivity contribution < 1.29 is 42.7 Å². The third kappa shape index (κ3) is 4.25. The molecule has 0 aromatic carbocycles. The number of ether oxygens (including phenoxy) is 1. The average Bonchev–Trinajstić information content (AvgIpc) is 3.42. The molecule has 3 aromatic heterocycles. The second-order valence-electron chi connectivity index (χ2n) is 6.41. The summed E-state index contributed by atoms with van der Waals surface area (Å²) in [6.45, 7) is -0.754. The Morgan fingerprint density at radius 2 is 1.94 bits per heavy atom. The number of hydrogen-bond donors (Lipinski definition) is 5. The highest BCUT2D eigenvalue weighted by atomic mass is 31.3. The third-order valence-corrected chi connectivity index (χ3v) is 7.36. The zero-order valence-corrected chi connectivity index (χ0v) is 17.2. The number of aliphatic hydroxyl groups excluding tert-OH is 2. The summed E-state index contributed by atoms with van der Waals surface area (Å²) >= 11 is 0. The van der Waals surface area contributed by atoms with Gasteiger partial charge < -0.3 is 30.5 Å². The Morgan fingerprint density at radius 1 is 1.16 bits per heavy atom. The first kappa shape index (κ1) is 22.0. The van der Waals surface area contributed by atoms with Crippen LogP contribution in [0.4, 0.5) is 5.82 Å². The second-order valence-corrected chi connectivity index (χ2v) is 9.70. The van der Waals surface area contributed by atoms with Crippen LogP contribution in [-0.2, 0) is 22.7 Å². The van der Waals surface area contributed by atoms with E-state index in [9.17, 15) is 29.1 Å². The van der Waals surface area contributed by atoms with E-state index in [1.54, 1.807) is 0 Å². The van der Waals surface area contributed by atoms with E-state index >= 15 is 0 Å². The summed E-state index contributed by atoms with van der Waals surface area (Å²) in [5.74, 6) is 0.0985. The van der Waals surface area contributed by atoms with Gasteiger partial charge in [-0.25, -0.2) is 33.4 Å². The normalized spacial score (nSPS) is 27.9. The number of aliphatic hydroxyl groups is 2. The molecule has 2 unspecified atom stereocenters. The molecular weight excluding hydrogens is 460 g/mol. The highest BCUT2D eigenvalue weighted by Gasteiger charge is 2.46. The van der Waals surface area contributed by atoms with Crippen LogP contribution in [0.2, 0.25) is 0 Å². The fraction of sp³-hybridized carbons (Fsp3) is 0.385. The number of phosphoric acid groups is 1. The van der Waals surface area contributed by atoms with Crippen molar-refractivity contribution >= 4 is 32.6 Å². The van der Waals surface area contributed by atoms with E-state index in [-0.39, 0.29) is 17.0 Å². The first-order valence-corrected chi connectivity index (χ1v) is 11.6. The van der Waals surface area contributed by atoms with Gasteiger partial charge in [-0.05, 0) is 0 Å². The minimum atomic E-state index is -5.07. The summed E-state index contributed by atoms with van der Waals surface area (Å²) in [5, 5.41) is 20.6. The highest BCUT2D eigenvalue weighted by Crippen LogP contribution is 2.60. The van der Waals surface area contributed by atoms with E-state index in [0.717, 1.165) is 18.7 Å². The van der Waals surface area contributed by atoms with Crippen molar-refractivity contribution in [1.82, 2.24) is 28.8 Å². The summed E-state index contributed by atoms with van der Waals surface area (Å²) in [6.07, 6.45) is 0.0662. The lowest BCUT2D eigenvalue weighted by Crippen LogP contribution is -2.33. The topological polar surface area (TPSA) is 230 Å². The van der Waals surface area contributed by atoms with Crippen LogP contribution in [0.25, 0.3) is 11.2 Å². The molecule has 4 heterocycles. The van der Waals surface area contributed by atoms with Crippen LogP contribution in [0.15, 0.2) is 31.4 Å². The fourth-order valence-electron chi connectivity index (χ4n) is 2.92. The molecule has 1 aliphatic rings. The van der Waals surface area contributed by atoms with Gasteiger partial charge in [-0.3, -0.25) is 9.09 Å². The molecular formula is C13H17N7O9P2. The monoisotopic (exact) mass is 477 g/mol. The Kier molecular flexibility index (Phi) is 5.68. The van der Waals surface area contributed by atoms with E-state index in [1.165, 1.54) is 17.2 Å². The van der Waals surface area contributed by atoms with Gasteiger partial charge in [0.05, 0.1) is 12.9 Å². The number of phosphoric ester groups is 1. The standard InChI is InChI=1S/C13H17N7O9P2/c14-11-8-12(17-4-16-11)20(6-18-8)13-10(22)9(21)7(28-13)3-27-31(25,26)29-30(23,24)19-2-1-15-5-19/h1-2,4-7,9-10,13,21-22H,3H2,(H,23,24)(H,25,26)(H2,14,16,17)/t7-,9-,10-,13-/m1/s1. The summed E-state index contributed by atoms with van der Waals surface area (Å²) < 4.78 is 40.6. The molecule has 1 fully saturated rings. The highest BCUT2D eigenvalue weighted by molar-refractivity contribution is 7.63. The molecule has 18 heteroatoms. The van der Waals surface area contributed by atoms with Crippen molar-refractivity contribution in [3.05, 3.63) is 31.4 Å². The smallest absolute Gasteiger partial charge is 0.387 e. The molecule has 31 heavy (non-hydrogen) atoms. The zero-order chi connectivity index (χ0) is 22.4. The fourth-order valence-corrected chi connectivity index (χ4v) is 5.28. The molecule has 3 aromatic rings. The maximum Gasteiger partial charge on any atom is 0.480 e. The van der Waals surface area contributed by atoms with Crippen molar-refractivity contribution in [2.45, 2.75) is 24.5 Å². The molecule has 0 bridgehead atoms. The molecule has 0 amide bonds. The van der Waals surface area contributed by atoms with Crippen molar-refractivity contribution in [2.24, 2.45) is 0 Å². The van der Waals surface area contributed by atoms with Crippen LogP contribution in [0.5, 0.6) is 0 Å². The van der Waals surface area contributed by atoms with Gasteiger partial charge in [0.2, 0.25) is 0 Å². The summed E-state index contributed by atoms with van der Waals surface area (Å²) in [4.78, 5) is 34.9. The van der Waals surface area contributed by atoms with Gasteiger partial charge in [0.25, 0.3) is 0 Å². The van der Waals surface area contributed by atoms with Crippen LogP contribution < -0.4 is 5.73 Å². The Bertz CT molecular complexity index is 1170. The number of anilines is 1. The molecule has 4 rings (SSSR count). The van der Waals surface area contributed by atoms with E-state index in [4.69, 9.17) is 15.0 Å². The lowest BCUT2D eigenvalue weighted by Gasteiger charge is -2.19. The average molecular weight is 477 g/mol. The van der Waals surface area contributed by atoms with Crippen molar-refractivity contribution in [1.29, 1.82) is 0 Å². The van der Waals surface area contributed by atoms with Crippen LogP contribution in [-0.4, -0.2) is 73.8 Å². The van der Waals surface area contributed by atoms with Gasteiger partial charge in [0, 0.05) is 12.4 Å². The van der Waals surface area contributed by atoms with Crippen LogP contribution >= 0.6 is 15.6 Å². The molecule has 1 aliphatic heterocycles. The molecule has 0 spiro atoms. The molecule has 0 radical (unpaired) electrons. The van der Waals surface area contributed by atoms with Crippen LogP contribution in [0.1, 0.15) is 6.23 Å². The Balaban J connectivity index is 1.45. The molecule has 168 valence electrons. The number of nitrogens with two attached hydrogens (primary N) is 1. The molecule has 0 aliphatic carbocycles. The maximum atomic E-state index is 12.1. The number of nitrogen functional groups attached to an aromatic ring is 1. The summed E-state index contributed by atoms with van der Waals surface area (Å²) in [7, 11) is -9.84. The lowest BCUT2D eigenvalue weighted by molar-refractivity contribution is -0.0502. The SMILES string of the molecule is Nc1ncnc2c1ncn2[C@@H]1O[C@H](COP(=O)(O)OP(=O)(O)n2ccnc2)[C@@H](O)[C@H]1O. The van der Waals surface area contributed by atoms with Gasteiger partial charge in [0.15, 0.2) is 17.7 Å². The number of imidazole rings is 2. The minimum Gasteiger partial charge on any atom is -0.387 e. The number of hydrogen-bond acceptors (Lipinski definition) is 12. The van der Waals surface area contributed by atoms with Gasteiger partial charge in [0.1, 0.15) is 36.5 Å². The van der Waals surface area contributed by atoms with Crippen molar-refractivity contribution in [3.8, 4) is 0 Å². The number of nitrogens with zero attached hydrogens (tertiary/aromatic N) is 6. The number of aromatic nitrogens is 6. The lowest BCUT2D eigenvalue weighted by atomic mass is 10.1. The molecule has 16 nitrogen and oxygen atoms in total. The molecule has 6 atom stereocenters. The van der Waals surface area contributed by atoms with Crippen LogP contribution in [0.3, 0.4) is 0 Å². The number of fused-ring (bicyclic) bond motifs is 1. The van der Waals surface area contributed by atoms with Gasteiger partial charge in [-0.1, -0.05) is 0 Å². The molecule has 0 saturated carbocycles. The van der Waals surface area contributed by atoms with Gasteiger partial charge in [-0.2, -0.15) is 4.31 Å². The second kappa shape index (κ2) is 8.02. The van der Waals surface area contributed by atoms with Gasteiger partial charge in [-0.15, -0.1) is 0 Å². The van der Waals surface area contributed by atoms with E-state index in [0.29, 0.717) is 4.34 Å². The first-order chi connectivity index (χ1) is 14.6. The summed E-state index contributed by atoms with van der Waals surface area (Å²) in [5.41, 5.74) is 6.19. The summed E-state index contributed by atoms with van der Waals surface area (Å²) in [6, 6.07) is 0. The minimum absolute atomic E-state index is 0.0985. The zero-order valence-electron chi connectivity index (χ0n) is 15.4. The Labute approximate surface area is 173 Å². The Hall–Kier alpha value is -2.26. The predicted octanol–water partition coefficient (Wildman–Crippen LogP) is -0.994. The predicted molar refractivity (Wildman–Crippen MR) is 100.0 cm³/mol. The maximum absolute atomic E-state index is 12.1. The number of rotatable bonds is 7. The third-order valence-electron chi connectivity index (χ3n) is 4.39. The molecule has 6 N–H and O–H groups in total.